The summed E-state index contributed by atoms with van der Waals surface area (Å²) in [7, 11) is -0.265. The van der Waals surface area contributed by atoms with E-state index in [4.69, 9.17) is 4.74 Å². The molecular weight excluding hydrogens is 527 g/mol. The van der Waals surface area contributed by atoms with Gasteiger partial charge in [0.15, 0.2) is 5.96 Å². The number of ether oxygens (including phenoxy) is 1. The maximum absolute atomic E-state index is 12.2. The number of guanidine groups is 1. The van der Waals surface area contributed by atoms with Gasteiger partial charge in [0.25, 0.3) is 0 Å². The van der Waals surface area contributed by atoms with Crippen molar-refractivity contribution in [2.45, 2.75) is 30.7 Å². The van der Waals surface area contributed by atoms with Crippen molar-refractivity contribution in [2.75, 3.05) is 33.9 Å². The van der Waals surface area contributed by atoms with Crippen molar-refractivity contribution in [3.8, 4) is 0 Å². The van der Waals surface area contributed by atoms with Crippen LogP contribution in [0, 0.1) is 0 Å². The highest BCUT2D eigenvalue weighted by Gasteiger charge is 2.20. The Balaban J connectivity index is 0.00000480. The van der Waals surface area contributed by atoms with Gasteiger partial charge in [-0.1, -0.05) is 56.3 Å². The lowest BCUT2D eigenvalue weighted by atomic mass is 9.85. The summed E-state index contributed by atoms with van der Waals surface area (Å²) in [6.45, 7) is 6.19. The largest absolute Gasteiger partial charge is 0.383 e. The summed E-state index contributed by atoms with van der Waals surface area (Å²) in [5, 5.41) is 6.63. The van der Waals surface area contributed by atoms with Gasteiger partial charge in [0.05, 0.1) is 11.5 Å². The Kier molecular flexibility index (Phi) is 11.5. The van der Waals surface area contributed by atoms with Gasteiger partial charge >= 0.3 is 0 Å². The van der Waals surface area contributed by atoms with E-state index in [1.165, 1.54) is 12.7 Å². The molecule has 0 heterocycles. The quantitative estimate of drug-likeness (QED) is 0.180. The van der Waals surface area contributed by atoms with Gasteiger partial charge in [-0.15, -0.1) is 24.0 Å². The second-order valence-electron chi connectivity index (χ2n) is 7.56. The molecule has 0 aromatic heterocycles. The Morgan fingerprint density at radius 3 is 2.26 bits per heavy atom. The third kappa shape index (κ3) is 8.76. The molecule has 0 aliphatic heterocycles. The zero-order valence-corrected chi connectivity index (χ0v) is 21.7. The van der Waals surface area contributed by atoms with Crippen LogP contribution in [0.15, 0.2) is 64.5 Å². The SMILES string of the molecule is CN=C(NCc1ccc(S(=O)(=O)NCCOC)cc1)NCC(C)(C)c1ccccc1.I. The first kappa shape index (κ1) is 27.3. The maximum atomic E-state index is 12.2. The van der Waals surface area contributed by atoms with Crippen molar-refractivity contribution in [3.05, 3.63) is 65.7 Å². The monoisotopic (exact) mass is 560 g/mol. The smallest absolute Gasteiger partial charge is 0.240 e. The molecule has 2 rings (SSSR count). The van der Waals surface area contributed by atoms with Crippen LogP contribution in [0.25, 0.3) is 0 Å². The van der Waals surface area contributed by atoms with E-state index in [0.717, 1.165) is 12.1 Å². The number of rotatable bonds is 10. The molecule has 0 unspecified atom stereocenters. The molecule has 172 valence electrons. The standard InChI is InChI=1S/C22H32N4O3S.HI/c1-22(2,19-8-6-5-7-9-19)17-25-21(23-3)24-16-18-10-12-20(13-11-18)30(27,28)26-14-15-29-4;/h5-13,26H,14-17H2,1-4H3,(H2,23,24,25);1H. The van der Waals surface area contributed by atoms with Gasteiger partial charge in [-0.2, -0.15) is 0 Å². The molecule has 0 atom stereocenters. The van der Waals surface area contributed by atoms with E-state index in [2.05, 4.69) is 46.3 Å². The highest BCUT2D eigenvalue weighted by atomic mass is 127. The zero-order valence-electron chi connectivity index (χ0n) is 18.5. The molecule has 2 aromatic carbocycles. The number of nitrogens with zero attached hydrogens (tertiary/aromatic N) is 1. The van der Waals surface area contributed by atoms with Crippen molar-refractivity contribution in [3.63, 3.8) is 0 Å². The first-order chi connectivity index (χ1) is 14.3. The Morgan fingerprint density at radius 1 is 1.03 bits per heavy atom. The van der Waals surface area contributed by atoms with Gasteiger partial charge in [0, 0.05) is 39.2 Å². The Hall–Kier alpha value is -1.69. The fraction of sp³-hybridized carbons (Fsp3) is 0.409. The summed E-state index contributed by atoms with van der Waals surface area (Å²) in [6.07, 6.45) is 0. The fourth-order valence-corrected chi connectivity index (χ4v) is 3.86. The highest BCUT2D eigenvalue weighted by Crippen LogP contribution is 2.21. The van der Waals surface area contributed by atoms with E-state index in [9.17, 15) is 8.42 Å². The predicted octanol–water partition coefficient (Wildman–Crippen LogP) is 2.87. The first-order valence-corrected chi connectivity index (χ1v) is 11.3. The van der Waals surface area contributed by atoms with Gasteiger partial charge in [-0.25, -0.2) is 13.1 Å². The number of benzene rings is 2. The van der Waals surface area contributed by atoms with Crippen LogP contribution >= 0.6 is 24.0 Å². The molecule has 31 heavy (non-hydrogen) atoms. The van der Waals surface area contributed by atoms with Crippen LogP contribution in [-0.2, 0) is 26.7 Å². The molecule has 7 nitrogen and oxygen atoms in total. The minimum absolute atomic E-state index is 0. The van der Waals surface area contributed by atoms with Crippen molar-refractivity contribution in [1.82, 2.24) is 15.4 Å². The molecule has 0 saturated heterocycles. The van der Waals surface area contributed by atoms with Crippen LogP contribution in [0.3, 0.4) is 0 Å². The van der Waals surface area contributed by atoms with Gasteiger partial charge in [0.2, 0.25) is 10.0 Å². The molecule has 9 heteroatoms. The zero-order chi connectivity index (χ0) is 22.0. The maximum Gasteiger partial charge on any atom is 0.240 e. The molecule has 0 spiro atoms. The summed E-state index contributed by atoms with van der Waals surface area (Å²) in [6, 6.07) is 17.1. The molecule has 0 fully saturated rings. The minimum atomic E-state index is -3.52. The molecule has 0 amide bonds. The fourth-order valence-electron chi connectivity index (χ4n) is 2.85. The normalized spacial score (nSPS) is 12.2. The van der Waals surface area contributed by atoms with Crippen LogP contribution < -0.4 is 15.4 Å². The number of nitrogens with one attached hydrogen (secondary N) is 3. The molecule has 0 aliphatic carbocycles. The highest BCUT2D eigenvalue weighted by molar-refractivity contribution is 14.0. The average molecular weight is 561 g/mol. The lowest BCUT2D eigenvalue weighted by molar-refractivity contribution is 0.204. The summed E-state index contributed by atoms with van der Waals surface area (Å²) in [4.78, 5) is 4.51. The summed E-state index contributed by atoms with van der Waals surface area (Å²) >= 11 is 0. The molecule has 0 radical (unpaired) electrons. The Morgan fingerprint density at radius 2 is 1.68 bits per heavy atom. The average Bonchev–Trinajstić information content (AvgIpc) is 2.75. The van der Waals surface area contributed by atoms with E-state index < -0.39 is 10.0 Å². The minimum Gasteiger partial charge on any atom is -0.383 e. The predicted molar refractivity (Wildman–Crippen MR) is 137 cm³/mol. The summed E-state index contributed by atoms with van der Waals surface area (Å²) < 4.78 is 31.8. The number of aliphatic imine (C=N–C) groups is 1. The Labute approximate surface area is 203 Å². The molecule has 3 N–H and O–H groups in total. The third-order valence-corrected chi connectivity index (χ3v) is 6.25. The molecule has 2 aromatic rings. The van der Waals surface area contributed by atoms with Crippen molar-refractivity contribution < 1.29 is 13.2 Å². The summed E-state index contributed by atoms with van der Waals surface area (Å²) in [5.41, 5.74) is 2.16. The van der Waals surface area contributed by atoms with Crippen molar-refractivity contribution >= 4 is 40.0 Å². The van der Waals surface area contributed by atoms with Gasteiger partial charge in [0.1, 0.15) is 0 Å². The summed E-state index contributed by atoms with van der Waals surface area (Å²) in [5.74, 6) is 0.692. The molecule has 0 bridgehead atoms. The number of methoxy groups -OCH3 is 1. The van der Waals surface area contributed by atoms with Crippen LogP contribution in [0.2, 0.25) is 0 Å². The lowest BCUT2D eigenvalue weighted by Gasteiger charge is -2.26. The van der Waals surface area contributed by atoms with E-state index in [-0.39, 0.29) is 40.8 Å². The van der Waals surface area contributed by atoms with Crippen LogP contribution in [0.4, 0.5) is 0 Å². The van der Waals surface area contributed by atoms with E-state index in [1.807, 2.05) is 18.2 Å². The van der Waals surface area contributed by atoms with Crippen molar-refractivity contribution in [1.29, 1.82) is 0 Å². The number of hydrogen-bond acceptors (Lipinski definition) is 4. The van der Waals surface area contributed by atoms with Gasteiger partial charge < -0.3 is 15.4 Å². The van der Waals surface area contributed by atoms with Crippen LogP contribution in [0.1, 0.15) is 25.0 Å². The van der Waals surface area contributed by atoms with E-state index >= 15 is 0 Å². The van der Waals surface area contributed by atoms with Gasteiger partial charge in [-0.3, -0.25) is 4.99 Å². The van der Waals surface area contributed by atoms with Crippen molar-refractivity contribution in [2.24, 2.45) is 4.99 Å². The lowest BCUT2D eigenvalue weighted by Crippen LogP contribution is -2.43. The second kappa shape index (κ2) is 13.0. The van der Waals surface area contributed by atoms with E-state index in [0.29, 0.717) is 19.1 Å². The van der Waals surface area contributed by atoms with Crippen LogP contribution in [-0.4, -0.2) is 48.2 Å². The first-order valence-electron chi connectivity index (χ1n) is 9.86. The molecule has 0 aliphatic rings. The Bertz CT molecular complexity index is 918. The number of hydrogen-bond donors (Lipinski definition) is 3. The number of halogens is 1. The second-order valence-corrected chi connectivity index (χ2v) is 9.33. The topological polar surface area (TPSA) is 91.8 Å². The molecule has 0 saturated carbocycles. The van der Waals surface area contributed by atoms with Crippen LogP contribution in [0.5, 0.6) is 0 Å². The van der Waals surface area contributed by atoms with E-state index in [1.54, 1.807) is 31.3 Å². The molecular formula is C22H33IN4O3S. The third-order valence-electron chi connectivity index (χ3n) is 4.77. The number of sulfonamides is 1. The van der Waals surface area contributed by atoms with Gasteiger partial charge in [-0.05, 0) is 23.3 Å².